The Hall–Kier alpha value is -2.19. The summed E-state index contributed by atoms with van der Waals surface area (Å²) in [5.41, 5.74) is 2.46. The summed E-state index contributed by atoms with van der Waals surface area (Å²) in [6, 6.07) is 8.95. The van der Waals surface area contributed by atoms with E-state index in [1.54, 1.807) is 12.1 Å². The van der Waals surface area contributed by atoms with E-state index in [-0.39, 0.29) is 4.21 Å². The minimum absolute atomic E-state index is 0.219. The Labute approximate surface area is 156 Å². The molecular formula is C18H19N3O3S2. The molecule has 0 amide bonds. The number of hydrogen-bond donors (Lipinski definition) is 1. The Kier molecular flexibility index (Phi) is 4.32. The molecule has 1 fully saturated rings. The summed E-state index contributed by atoms with van der Waals surface area (Å²) in [4.78, 5) is 0.657. The summed E-state index contributed by atoms with van der Waals surface area (Å²) in [5.74, 6) is 1.38. The largest absolute Gasteiger partial charge is 0.420 e. The molecule has 1 aliphatic rings. The van der Waals surface area contributed by atoms with Gasteiger partial charge in [-0.05, 0) is 56.0 Å². The maximum atomic E-state index is 12.7. The molecule has 2 aromatic heterocycles. The van der Waals surface area contributed by atoms with Crippen LogP contribution >= 0.6 is 11.3 Å². The maximum Gasteiger partial charge on any atom is 0.271 e. The second-order valence-corrected chi connectivity index (χ2v) is 9.61. The number of aromatic nitrogens is 2. The third kappa shape index (κ3) is 3.26. The first kappa shape index (κ1) is 17.2. The average Bonchev–Trinajstić information content (AvgIpc) is 3.18. The molecule has 136 valence electrons. The van der Waals surface area contributed by atoms with Gasteiger partial charge in [0, 0.05) is 5.92 Å². The van der Waals surface area contributed by atoms with Crippen molar-refractivity contribution in [1.82, 2.24) is 10.2 Å². The highest BCUT2D eigenvalue weighted by molar-refractivity contribution is 7.94. The zero-order chi connectivity index (χ0) is 18.3. The van der Waals surface area contributed by atoms with Crippen molar-refractivity contribution in [3.8, 4) is 10.8 Å². The topological polar surface area (TPSA) is 85.1 Å². The average molecular weight is 390 g/mol. The summed E-state index contributed by atoms with van der Waals surface area (Å²) in [7, 11) is -3.66. The van der Waals surface area contributed by atoms with E-state index in [9.17, 15) is 8.42 Å². The number of rotatable bonds is 5. The predicted octanol–water partition coefficient (Wildman–Crippen LogP) is 4.48. The highest BCUT2D eigenvalue weighted by atomic mass is 32.2. The molecule has 1 aliphatic carbocycles. The maximum absolute atomic E-state index is 12.7. The summed E-state index contributed by atoms with van der Waals surface area (Å²) >= 11 is 1.13. The van der Waals surface area contributed by atoms with Gasteiger partial charge in [0.2, 0.25) is 5.89 Å². The van der Waals surface area contributed by atoms with E-state index in [2.05, 4.69) is 14.9 Å². The Balaban J connectivity index is 1.58. The van der Waals surface area contributed by atoms with E-state index in [0.717, 1.165) is 35.3 Å². The first-order valence-corrected chi connectivity index (χ1v) is 10.8. The molecule has 4 rings (SSSR count). The van der Waals surface area contributed by atoms with Crippen LogP contribution in [0.25, 0.3) is 10.8 Å². The zero-order valence-corrected chi connectivity index (χ0v) is 16.2. The number of hydrogen-bond acceptors (Lipinski definition) is 6. The van der Waals surface area contributed by atoms with E-state index in [4.69, 9.17) is 4.42 Å². The van der Waals surface area contributed by atoms with Crippen LogP contribution in [-0.4, -0.2) is 18.6 Å². The molecule has 0 bridgehead atoms. The minimum Gasteiger partial charge on any atom is -0.420 e. The van der Waals surface area contributed by atoms with Crippen LogP contribution in [0.2, 0.25) is 0 Å². The molecule has 0 radical (unpaired) electrons. The standard InChI is InChI=1S/C18H19N3O3S2/c1-11-6-7-12(2)14(10-11)21-26(22,23)16-9-8-15(25-16)18-20-19-17(24-18)13-4-3-5-13/h6-10,13,21H,3-5H2,1-2H3. The number of nitrogens with one attached hydrogen (secondary N) is 1. The van der Waals surface area contributed by atoms with E-state index in [0.29, 0.717) is 28.3 Å². The number of benzene rings is 1. The summed E-state index contributed by atoms with van der Waals surface area (Å²) in [5, 5.41) is 8.17. The number of aryl methyl sites for hydroxylation is 2. The van der Waals surface area contributed by atoms with E-state index < -0.39 is 10.0 Å². The fourth-order valence-corrected chi connectivity index (χ4v) is 5.12. The fraction of sp³-hybridized carbons (Fsp3) is 0.333. The lowest BCUT2D eigenvalue weighted by Crippen LogP contribution is -2.12. The monoisotopic (exact) mass is 389 g/mol. The van der Waals surface area contributed by atoms with Gasteiger partial charge in [-0.3, -0.25) is 4.72 Å². The van der Waals surface area contributed by atoms with Crippen molar-refractivity contribution in [2.75, 3.05) is 4.72 Å². The van der Waals surface area contributed by atoms with Gasteiger partial charge < -0.3 is 4.42 Å². The van der Waals surface area contributed by atoms with Crippen LogP contribution in [0.15, 0.2) is 39.0 Å². The molecule has 26 heavy (non-hydrogen) atoms. The van der Waals surface area contributed by atoms with Crippen LogP contribution in [0.5, 0.6) is 0 Å². The van der Waals surface area contributed by atoms with Crippen LogP contribution in [0, 0.1) is 13.8 Å². The Morgan fingerprint density at radius 1 is 1.15 bits per heavy atom. The quantitative estimate of drug-likeness (QED) is 0.695. The molecule has 1 saturated carbocycles. The van der Waals surface area contributed by atoms with Gasteiger partial charge in [-0.25, -0.2) is 8.42 Å². The summed E-state index contributed by atoms with van der Waals surface area (Å²) in [6.07, 6.45) is 3.34. The SMILES string of the molecule is Cc1ccc(C)c(NS(=O)(=O)c2ccc(-c3nnc(C4CCC4)o3)s2)c1. The molecule has 0 saturated heterocycles. The molecule has 6 nitrogen and oxygen atoms in total. The van der Waals surface area contributed by atoms with Gasteiger partial charge in [0.05, 0.1) is 10.6 Å². The van der Waals surface area contributed by atoms with Crippen molar-refractivity contribution < 1.29 is 12.8 Å². The second-order valence-electron chi connectivity index (χ2n) is 6.62. The first-order valence-electron chi connectivity index (χ1n) is 8.46. The van der Waals surface area contributed by atoms with Crippen LogP contribution in [0.4, 0.5) is 5.69 Å². The number of nitrogens with zero attached hydrogens (tertiary/aromatic N) is 2. The van der Waals surface area contributed by atoms with E-state index in [1.807, 2.05) is 32.0 Å². The molecule has 2 heterocycles. The van der Waals surface area contributed by atoms with Crippen LogP contribution < -0.4 is 4.72 Å². The van der Waals surface area contributed by atoms with Crippen molar-refractivity contribution in [2.45, 2.75) is 43.2 Å². The van der Waals surface area contributed by atoms with Crippen molar-refractivity contribution in [2.24, 2.45) is 0 Å². The molecule has 1 aromatic carbocycles. The second kappa shape index (κ2) is 6.51. The van der Waals surface area contributed by atoms with Crippen LogP contribution in [0.1, 0.15) is 42.2 Å². The molecule has 3 aromatic rings. The third-order valence-corrected chi connectivity index (χ3v) is 7.52. The Morgan fingerprint density at radius 2 is 1.96 bits per heavy atom. The predicted molar refractivity (Wildman–Crippen MR) is 101 cm³/mol. The van der Waals surface area contributed by atoms with Gasteiger partial charge in [-0.2, -0.15) is 0 Å². The highest BCUT2D eigenvalue weighted by Gasteiger charge is 2.26. The molecular weight excluding hydrogens is 370 g/mol. The molecule has 0 unspecified atom stereocenters. The lowest BCUT2D eigenvalue weighted by Gasteiger charge is -2.20. The molecule has 1 N–H and O–H groups in total. The molecule has 0 spiro atoms. The van der Waals surface area contributed by atoms with E-state index >= 15 is 0 Å². The number of sulfonamides is 1. The van der Waals surface area contributed by atoms with Crippen molar-refractivity contribution in [3.63, 3.8) is 0 Å². The van der Waals surface area contributed by atoms with Crippen molar-refractivity contribution in [3.05, 3.63) is 47.3 Å². The third-order valence-electron chi connectivity index (χ3n) is 4.59. The van der Waals surface area contributed by atoms with Gasteiger partial charge in [0.25, 0.3) is 15.9 Å². The minimum atomic E-state index is -3.66. The highest BCUT2D eigenvalue weighted by Crippen LogP contribution is 2.38. The van der Waals surface area contributed by atoms with E-state index in [1.165, 1.54) is 6.42 Å². The Morgan fingerprint density at radius 3 is 2.69 bits per heavy atom. The van der Waals surface area contributed by atoms with Crippen LogP contribution in [-0.2, 0) is 10.0 Å². The fourth-order valence-electron chi connectivity index (χ4n) is 2.77. The number of thiophene rings is 1. The normalized spacial score (nSPS) is 15.0. The van der Waals surface area contributed by atoms with Gasteiger partial charge in [0.15, 0.2) is 0 Å². The van der Waals surface area contributed by atoms with Gasteiger partial charge in [-0.1, -0.05) is 18.6 Å². The molecule has 8 heteroatoms. The van der Waals surface area contributed by atoms with Gasteiger partial charge in [-0.15, -0.1) is 21.5 Å². The van der Waals surface area contributed by atoms with Crippen molar-refractivity contribution in [1.29, 1.82) is 0 Å². The lowest BCUT2D eigenvalue weighted by molar-refractivity contribution is 0.338. The van der Waals surface area contributed by atoms with Crippen LogP contribution in [0.3, 0.4) is 0 Å². The summed E-state index contributed by atoms with van der Waals surface area (Å²) < 4.78 is 34.0. The van der Waals surface area contributed by atoms with Gasteiger partial charge in [0.1, 0.15) is 4.21 Å². The smallest absolute Gasteiger partial charge is 0.271 e. The molecule has 0 aliphatic heterocycles. The lowest BCUT2D eigenvalue weighted by atomic mass is 9.85. The van der Waals surface area contributed by atoms with Crippen molar-refractivity contribution >= 4 is 27.0 Å². The van der Waals surface area contributed by atoms with Gasteiger partial charge >= 0.3 is 0 Å². The molecule has 0 atom stereocenters. The Bertz CT molecular complexity index is 1050. The summed E-state index contributed by atoms with van der Waals surface area (Å²) in [6.45, 7) is 3.80. The number of anilines is 1. The zero-order valence-electron chi connectivity index (χ0n) is 14.5. The first-order chi connectivity index (χ1) is 12.4.